The summed E-state index contributed by atoms with van der Waals surface area (Å²) in [4.78, 5) is 30.8. The van der Waals surface area contributed by atoms with E-state index in [1.165, 1.54) is 23.1 Å². The summed E-state index contributed by atoms with van der Waals surface area (Å²) in [7, 11) is -0.907. The van der Waals surface area contributed by atoms with Crippen molar-refractivity contribution in [2.75, 3.05) is 18.0 Å². The summed E-state index contributed by atoms with van der Waals surface area (Å²) in [5.41, 5.74) is 0.364. The molecule has 1 N–H and O–H groups in total. The van der Waals surface area contributed by atoms with Gasteiger partial charge in [0.1, 0.15) is 5.69 Å². The number of amides is 1. The van der Waals surface area contributed by atoms with E-state index < -0.39 is 9.04 Å². The Hall–Kier alpha value is -0.903. The van der Waals surface area contributed by atoms with Crippen molar-refractivity contribution in [3.05, 3.63) is 11.1 Å². The lowest BCUT2D eigenvalue weighted by Crippen LogP contribution is -2.54. The number of anilines is 1. The van der Waals surface area contributed by atoms with Crippen LogP contribution in [0, 0.1) is 11.3 Å². The van der Waals surface area contributed by atoms with Crippen LogP contribution in [0.2, 0.25) is 13.1 Å². The van der Waals surface area contributed by atoms with E-state index in [-0.39, 0.29) is 34.5 Å². The smallest absolute Gasteiger partial charge is 0.271 e. The Morgan fingerprint density at radius 1 is 1.34 bits per heavy atom. The first-order chi connectivity index (χ1) is 13.4. The number of carbonyl (C=O) groups excluding carboxylic acids is 2. The first-order valence-electron chi connectivity index (χ1n) is 10.0. The molecule has 0 spiro atoms. The number of nitrogens with zero attached hydrogens (tertiary/aromatic N) is 2. The van der Waals surface area contributed by atoms with Crippen molar-refractivity contribution in [3.8, 4) is 0 Å². The molecule has 1 saturated heterocycles. The molecule has 0 bridgehead atoms. The van der Waals surface area contributed by atoms with Gasteiger partial charge in [-0.05, 0) is 24.4 Å². The van der Waals surface area contributed by atoms with Crippen LogP contribution in [0.1, 0.15) is 52.0 Å². The molecule has 163 valence electrons. The van der Waals surface area contributed by atoms with Gasteiger partial charge < -0.3 is 14.6 Å². The van der Waals surface area contributed by atoms with Crippen LogP contribution in [0.25, 0.3) is 0 Å². The van der Waals surface area contributed by atoms with Gasteiger partial charge in [-0.25, -0.2) is 4.98 Å². The third-order valence-electron chi connectivity index (χ3n) is 4.73. The fourth-order valence-electron chi connectivity index (χ4n) is 3.28. The predicted octanol–water partition coefficient (Wildman–Crippen LogP) is 4.05. The Kier molecular flexibility index (Phi) is 8.35. The summed E-state index contributed by atoms with van der Waals surface area (Å²) in [5, 5.41) is 6.32. The minimum absolute atomic E-state index is 0.0619. The fourth-order valence-corrected chi connectivity index (χ4v) is 6.09. The van der Waals surface area contributed by atoms with Crippen LogP contribution < -0.4 is 10.2 Å². The quantitative estimate of drug-likeness (QED) is 0.595. The van der Waals surface area contributed by atoms with Gasteiger partial charge in [0.05, 0.1) is 12.1 Å². The lowest BCUT2D eigenvalue weighted by atomic mass is 9.81. The highest BCUT2D eigenvalue weighted by Crippen LogP contribution is 2.32. The zero-order valence-corrected chi connectivity index (χ0v) is 21.4. The van der Waals surface area contributed by atoms with Crippen molar-refractivity contribution in [3.63, 3.8) is 0 Å². The molecule has 0 aromatic carbocycles. The molecule has 1 amide bonds. The third kappa shape index (κ3) is 6.80. The minimum atomic E-state index is -0.907. The van der Waals surface area contributed by atoms with Crippen molar-refractivity contribution in [2.24, 2.45) is 11.3 Å². The predicted molar refractivity (Wildman–Crippen MR) is 124 cm³/mol. The standard InChI is InChI=1S/C20H34N3O3S2Si/c1-12(2)16(17(20(4,5)6)26-29(7)8)22-18(25)15-11-27-19(21-15)23-9-14(10-23)28-13(3)24/h11-12,14,16-17H,9-10H2,1-8H3,(H,22,25)/t16-,17?/m0/s1. The average Bonchev–Trinajstić information content (AvgIpc) is 3.01. The maximum atomic E-state index is 12.9. The largest absolute Gasteiger partial charge is 0.412 e. The zero-order valence-electron chi connectivity index (χ0n) is 18.7. The van der Waals surface area contributed by atoms with Crippen molar-refractivity contribution in [2.45, 2.75) is 72.0 Å². The van der Waals surface area contributed by atoms with Gasteiger partial charge in [0, 0.05) is 30.6 Å². The zero-order chi connectivity index (χ0) is 21.9. The number of thiazole rings is 1. The molecule has 6 nitrogen and oxygen atoms in total. The topological polar surface area (TPSA) is 71.5 Å². The first-order valence-corrected chi connectivity index (χ1v) is 14.2. The molecule has 9 heteroatoms. The SMILES string of the molecule is CC(=O)SC1CN(c2nc(C(=O)N[C@@H](C(C)C)C(O[Si](C)C)C(C)(C)C)cs2)C1. The van der Waals surface area contributed by atoms with Crippen LogP contribution in [0.3, 0.4) is 0 Å². The molecular weight excluding hydrogens is 422 g/mol. The van der Waals surface area contributed by atoms with E-state index in [0.717, 1.165) is 18.2 Å². The highest BCUT2D eigenvalue weighted by Gasteiger charge is 2.37. The first kappa shape index (κ1) is 24.4. The van der Waals surface area contributed by atoms with Crippen LogP contribution >= 0.6 is 23.1 Å². The molecule has 1 radical (unpaired) electrons. The molecule has 29 heavy (non-hydrogen) atoms. The van der Waals surface area contributed by atoms with E-state index in [9.17, 15) is 9.59 Å². The maximum absolute atomic E-state index is 12.9. The lowest BCUT2D eigenvalue weighted by molar-refractivity contribution is -0.109. The Bertz CT molecular complexity index is 712. The van der Waals surface area contributed by atoms with E-state index in [4.69, 9.17) is 4.43 Å². The van der Waals surface area contributed by atoms with Crippen molar-refractivity contribution < 1.29 is 14.0 Å². The van der Waals surface area contributed by atoms with Crippen LogP contribution in [0.5, 0.6) is 0 Å². The number of rotatable bonds is 8. The number of aromatic nitrogens is 1. The second kappa shape index (κ2) is 9.94. The van der Waals surface area contributed by atoms with Crippen LogP contribution in [0.4, 0.5) is 5.13 Å². The maximum Gasteiger partial charge on any atom is 0.271 e. The van der Waals surface area contributed by atoms with Gasteiger partial charge in [-0.15, -0.1) is 11.3 Å². The molecule has 2 rings (SSSR count). The molecule has 1 aromatic heterocycles. The summed E-state index contributed by atoms with van der Waals surface area (Å²) >= 11 is 2.86. The number of carbonyl (C=O) groups is 2. The van der Waals surface area contributed by atoms with Crippen LogP contribution in [0.15, 0.2) is 5.38 Å². The minimum Gasteiger partial charge on any atom is -0.412 e. The van der Waals surface area contributed by atoms with Gasteiger partial charge in [0.25, 0.3) is 5.91 Å². The summed E-state index contributed by atoms with van der Waals surface area (Å²) in [6.07, 6.45) is -0.0619. The molecule has 2 atom stereocenters. The highest BCUT2D eigenvalue weighted by atomic mass is 32.2. The second-order valence-electron chi connectivity index (χ2n) is 9.21. The van der Waals surface area contributed by atoms with Gasteiger partial charge in [-0.3, -0.25) is 9.59 Å². The fraction of sp³-hybridized carbons (Fsp3) is 0.750. The number of hydrogen-bond acceptors (Lipinski definition) is 7. The lowest BCUT2D eigenvalue weighted by Gasteiger charge is -2.40. The Balaban J connectivity index is 2.05. The molecule has 2 heterocycles. The van der Waals surface area contributed by atoms with Crippen LogP contribution in [-0.4, -0.2) is 55.5 Å². The van der Waals surface area contributed by atoms with Crippen molar-refractivity contribution in [1.29, 1.82) is 0 Å². The summed E-state index contributed by atoms with van der Waals surface area (Å²) in [6.45, 7) is 18.1. The van der Waals surface area contributed by atoms with Gasteiger partial charge in [0.2, 0.25) is 9.04 Å². The molecule has 1 aromatic rings. The van der Waals surface area contributed by atoms with Crippen LogP contribution in [-0.2, 0) is 9.22 Å². The Morgan fingerprint density at radius 2 is 1.97 bits per heavy atom. The summed E-state index contributed by atoms with van der Waals surface area (Å²) in [6, 6.07) is -0.0899. The van der Waals surface area contributed by atoms with Gasteiger partial charge in [-0.1, -0.05) is 46.4 Å². The molecule has 0 saturated carbocycles. The Labute approximate surface area is 184 Å². The molecule has 1 fully saturated rings. The van der Waals surface area contributed by atoms with Crippen molar-refractivity contribution >= 4 is 48.3 Å². The second-order valence-corrected chi connectivity index (χ2v) is 13.6. The number of thioether (sulfide) groups is 1. The molecule has 1 aliphatic rings. The molecular formula is C20H34N3O3S2Si. The van der Waals surface area contributed by atoms with Gasteiger partial charge in [-0.2, -0.15) is 0 Å². The number of hydrogen-bond donors (Lipinski definition) is 1. The van der Waals surface area contributed by atoms with E-state index in [1.807, 2.05) is 5.38 Å². The normalized spacial score (nSPS) is 17.4. The molecule has 0 aliphatic carbocycles. The van der Waals surface area contributed by atoms with Gasteiger partial charge in [0.15, 0.2) is 10.2 Å². The number of nitrogens with one attached hydrogen (secondary N) is 1. The van der Waals surface area contributed by atoms with Gasteiger partial charge >= 0.3 is 0 Å². The van der Waals surface area contributed by atoms with E-state index in [1.54, 1.807) is 6.92 Å². The average molecular weight is 457 g/mol. The van der Waals surface area contributed by atoms with E-state index >= 15 is 0 Å². The molecule has 1 aliphatic heterocycles. The van der Waals surface area contributed by atoms with E-state index in [0.29, 0.717) is 10.9 Å². The molecule has 1 unspecified atom stereocenters. The van der Waals surface area contributed by atoms with E-state index in [2.05, 4.69) is 62.9 Å². The highest BCUT2D eigenvalue weighted by molar-refractivity contribution is 8.14. The summed E-state index contributed by atoms with van der Waals surface area (Å²) < 4.78 is 6.32. The summed E-state index contributed by atoms with van der Waals surface area (Å²) in [5.74, 6) is 0.0857. The third-order valence-corrected chi connectivity index (χ3v) is 7.32. The van der Waals surface area contributed by atoms with Crippen molar-refractivity contribution in [1.82, 2.24) is 10.3 Å². The Morgan fingerprint density at radius 3 is 2.45 bits per heavy atom. The monoisotopic (exact) mass is 456 g/mol.